The number of halogens is 2. The fraction of sp³-hybridized carbons (Fsp3) is 0.316. The molecule has 1 N–H and O–H groups in total. The van der Waals surface area contributed by atoms with Crippen molar-refractivity contribution in [2.45, 2.75) is 6.42 Å². The van der Waals surface area contributed by atoms with Crippen LogP contribution in [0.25, 0.3) is 0 Å². The summed E-state index contributed by atoms with van der Waals surface area (Å²) in [6.45, 7) is 1.51. The monoisotopic (exact) mass is 348 g/mol. The van der Waals surface area contributed by atoms with E-state index in [0.29, 0.717) is 26.1 Å². The largest absolute Gasteiger partial charge is 0.489 e. The molecule has 25 heavy (non-hydrogen) atoms. The molecule has 4 nitrogen and oxygen atoms in total. The summed E-state index contributed by atoms with van der Waals surface area (Å²) in [5.41, 5.74) is 0.966. The molecule has 2 aromatic carbocycles. The van der Waals surface area contributed by atoms with E-state index in [0.717, 1.165) is 5.56 Å². The van der Waals surface area contributed by atoms with Crippen LogP contribution < -0.4 is 10.1 Å². The number of carbonyl (C=O) groups excluding carboxylic acids is 1. The molecule has 0 radical (unpaired) electrons. The number of benzene rings is 2. The predicted molar refractivity (Wildman–Crippen MR) is 92.5 cm³/mol. The third-order valence-corrected chi connectivity index (χ3v) is 3.63. The first kappa shape index (κ1) is 18.9. The van der Waals surface area contributed by atoms with Crippen LogP contribution in [0.1, 0.15) is 5.56 Å². The highest BCUT2D eigenvalue weighted by Gasteiger charge is 2.07. The number of para-hydroxylation sites is 1. The molecule has 0 aromatic heterocycles. The second-order valence-electron chi connectivity index (χ2n) is 5.74. The number of hydrogen-bond acceptors (Lipinski definition) is 3. The van der Waals surface area contributed by atoms with E-state index in [-0.39, 0.29) is 24.0 Å². The zero-order chi connectivity index (χ0) is 18.1. The van der Waals surface area contributed by atoms with Crippen LogP contribution in [0.4, 0.5) is 8.78 Å². The number of carbonyl (C=O) groups is 1. The van der Waals surface area contributed by atoms with Crippen LogP contribution in [0.15, 0.2) is 48.5 Å². The van der Waals surface area contributed by atoms with Crippen LogP contribution in [0.5, 0.6) is 5.75 Å². The van der Waals surface area contributed by atoms with Crippen LogP contribution in [0, 0.1) is 11.6 Å². The van der Waals surface area contributed by atoms with Crippen molar-refractivity contribution in [2.24, 2.45) is 0 Å². The Morgan fingerprint density at radius 3 is 2.56 bits per heavy atom. The van der Waals surface area contributed by atoms with Crippen LogP contribution >= 0.6 is 0 Å². The molecule has 1 amide bonds. The maximum absolute atomic E-state index is 13.4. The summed E-state index contributed by atoms with van der Waals surface area (Å²) >= 11 is 0. The van der Waals surface area contributed by atoms with Crippen LogP contribution in [0.2, 0.25) is 0 Å². The van der Waals surface area contributed by atoms with Gasteiger partial charge in [0.05, 0.1) is 6.54 Å². The maximum Gasteiger partial charge on any atom is 0.234 e. The summed E-state index contributed by atoms with van der Waals surface area (Å²) < 4.78 is 31.6. The predicted octanol–water partition coefficient (Wildman–Crippen LogP) is 2.63. The molecule has 0 atom stereocenters. The van der Waals surface area contributed by atoms with E-state index in [1.165, 1.54) is 18.2 Å². The molecule has 0 aliphatic heterocycles. The van der Waals surface area contributed by atoms with E-state index in [9.17, 15) is 13.6 Å². The van der Waals surface area contributed by atoms with Crippen LogP contribution in [0.3, 0.4) is 0 Å². The van der Waals surface area contributed by atoms with Gasteiger partial charge in [-0.3, -0.25) is 9.69 Å². The number of hydrogen-bond donors (Lipinski definition) is 1. The van der Waals surface area contributed by atoms with Gasteiger partial charge in [0.1, 0.15) is 12.4 Å². The molecule has 0 aliphatic carbocycles. The Bertz CT molecular complexity index is 677. The van der Waals surface area contributed by atoms with Crippen LogP contribution in [-0.2, 0) is 11.2 Å². The summed E-state index contributed by atoms with van der Waals surface area (Å²) in [6, 6.07) is 12.4. The van der Waals surface area contributed by atoms with E-state index in [1.807, 2.05) is 0 Å². The van der Waals surface area contributed by atoms with Gasteiger partial charge in [-0.15, -0.1) is 0 Å². The lowest BCUT2D eigenvalue weighted by Gasteiger charge is -2.16. The Morgan fingerprint density at radius 2 is 1.84 bits per heavy atom. The van der Waals surface area contributed by atoms with Gasteiger partial charge in [0.15, 0.2) is 11.6 Å². The number of nitrogens with one attached hydrogen (secondary N) is 1. The minimum Gasteiger partial charge on any atom is -0.489 e. The van der Waals surface area contributed by atoms with Gasteiger partial charge in [-0.05, 0) is 43.3 Å². The van der Waals surface area contributed by atoms with Gasteiger partial charge in [0.2, 0.25) is 5.91 Å². The third kappa shape index (κ3) is 6.89. The fourth-order valence-electron chi connectivity index (χ4n) is 2.25. The average Bonchev–Trinajstić information content (AvgIpc) is 2.58. The number of amides is 1. The first-order chi connectivity index (χ1) is 12.0. The minimum absolute atomic E-state index is 0.101. The summed E-state index contributed by atoms with van der Waals surface area (Å²) in [4.78, 5) is 13.7. The molecule has 0 heterocycles. The second kappa shape index (κ2) is 9.74. The highest BCUT2D eigenvalue weighted by Crippen LogP contribution is 2.14. The van der Waals surface area contributed by atoms with Crippen molar-refractivity contribution in [3.63, 3.8) is 0 Å². The minimum atomic E-state index is -0.399. The maximum atomic E-state index is 13.4. The van der Waals surface area contributed by atoms with Crippen molar-refractivity contribution in [1.29, 1.82) is 0 Å². The van der Waals surface area contributed by atoms with E-state index in [4.69, 9.17) is 4.74 Å². The summed E-state index contributed by atoms with van der Waals surface area (Å²) in [7, 11) is 1.80. The lowest BCUT2D eigenvalue weighted by Crippen LogP contribution is -2.37. The quantitative estimate of drug-likeness (QED) is 0.757. The normalized spacial score (nSPS) is 10.7. The molecule has 2 aromatic rings. The Labute approximate surface area is 146 Å². The summed E-state index contributed by atoms with van der Waals surface area (Å²) in [5, 5.41) is 2.82. The molecular weight excluding hydrogens is 326 g/mol. The lowest BCUT2D eigenvalue weighted by atomic mass is 10.1. The smallest absolute Gasteiger partial charge is 0.234 e. The van der Waals surface area contributed by atoms with Gasteiger partial charge >= 0.3 is 0 Å². The molecule has 0 fully saturated rings. The zero-order valence-electron chi connectivity index (χ0n) is 14.2. The van der Waals surface area contributed by atoms with Gasteiger partial charge in [0.25, 0.3) is 0 Å². The van der Waals surface area contributed by atoms with Crippen molar-refractivity contribution < 1.29 is 18.3 Å². The average molecular weight is 348 g/mol. The molecule has 0 saturated carbocycles. The molecule has 2 rings (SSSR count). The van der Waals surface area contributed by atoms with Crippen molar-refractivity contribution in [3.8, 4) is 5.75 Å². The molecule has 134 valence electrons. The summed E-state index contributed by atoms with van der Waals surface area (Å²) in [6.07, 6.45) is 0.645. The second-order valence-corrected chi connectivity index (χ2v) is 5.74. The molecule has 0 saturated heterocycles. The SMILES string of the molecule is CN(CCOc1ccccc1F)CC(=O)NCCc1ccc(F)cc1. The number of ether oxygens (including phenoxy) is 1. The molecule has 0 aliphatic rings. The standard InChI is InChI=1S/C19H22F2N2O2/c1-23(12-13-25-18-5-3-2-4-17(18)21)14-19(24)22-11-10-15-6-8-16(20)9-7-15/h2-9H,10-14H2,1H3,(H,22,24). The van der Waals surface area contributed by atoms with E-state index in [1.54, 1.807) is 42.3 Å². The Hall–Kier alpha value is -2.47. The zero-order valence-corrected chi connectivity index (χ0v) is 14.2. The molecular formula is C19H22F2N2O2. The molecule has 6 heteroatoms. The highest BCUT2D eigenvalue weighted by atomic mass is 19.1. The fourth-order valence-corrected chi connectivity index (χ4v) is 2.25. The van der Waals surface area contributed by atoms with Crippen LogP contribution in [-0.4, -0.2) is 44.1 Å². The Kier molecular flexibility index (Phi) is 7.35. The van der Waals surface area contributed by atoms with E-state index in [2.05, 4.69) is 5.32 Å². The van der Waals surface area contributed by atoms with Crippen molar-refractivity contribution >= 4 is 5.91 Å². The lowest BCUT2D eigenvalue weighted by molar-refractivity contribution is -0.121. The summed E-state index contributed by atoms with van der Waals surface area (Å²) in [5.74, 6) is -0.564. The van der Waals surface area contributed by atoms with Crippen molar-refractivity contribution in [3.05, 3.63) is 65.7 Å². The van der Waals surface area contributed by atoms with Crippen molar-refractivity contribution in [2.75, 3.05) is 33.3 Å². The molecule has 0 unspecified atom stereocenters. The van der Waals surface area contributed by atoms with E-state index < -0.39 is 5.82 Å². The van der Waals surface area contributed by atoms with E-state index >= 15 is 0 Å². The van der Waals surface area contributed by atoms with Gasteiger partial charge in [-0.1, -0.05) is 24.3 Å². The highest BCUT2D eigenvalue weighted by molar-refractivity contribution is 5.77. The van der Waals surface area contributed by atoms with Gasteiger partial charge < -0.3 is 10.1 Å². The Balaban J connectivity index is 1.61. The third-order valence-electron chi connectivity index (χ3n) is 3.63. The first-order valence-electron chi connectivity index (χ1n) is 8.11. The number of nitrogens with zero attached hydrogens (tertiary/aromatic N) is 1. The van der Waals surface area contributed by atoms with Gasteiger partial charge in [0, 0.05) is 13.1 Å². The molecule has 0 bridgehead atoms. The number of likely N-dealkylation sites (N-methyl/N-ethyl adjacent to an activating group) is 1. The van der Waals surface area contributed by atoms with Crippen molar-refractivity contribution in [1.82, 2.24) is 10.2 Å². The topological polar surface area (TPSA) is 41.6 Å². The molecule has 0 spiro atoms. The van der Waals surface area contributed by atoms with Gasteiger partial charge in [-0.25, -0.2) is 8.78 Å². The van der Waals surface area contributed by atoms with Gasteiger partial charge in [-0.2, -0.15) is 0 Å². The first-order valence-corrected chi connectivity index (χ1v) is 8.11. The Morgan fingerprint density at radius 1 is 1.12 bits per heavy atom. The number of rotatable bonds is 9.